The maximum Gasteiger partial charge on any atom is 0.163 e. The normalized spacial score (nSPS) is 10.6. The van der Waals surface area contributed by atoms with Crippen molar-refractivity contribution < 1.29 is 14.2 Å². The Labute approximate surface area is 141 Å². The SMILES string of the molecule is CCOc1cc2nccc(Oc3cccc(N)c3)c2cc1OCC. The molecule has 3 aromatic rings. The highest BCUT2D eigenvalue weighted by atomic mass is 16.5. The molecule has 0 radical (unpaired) electrons. The first-order chi connectivity index (χ1) is 11.7. The van der Waals surface area contributed by atoms with Crippen LogP contribution in [-0.2, 0) is 0 Å². The molecule has 0 spiro atoms. The van der Waals surface area contributed by atoms with Crippen LogP contribution in [0, 0.1) is 0 Å². The number of hydrogen-bond acceptors (Lipinski definition) is 5. The van der Waals surface area contributed by atoms with Crippen molar-refractivity contribution in [3.63, 3.8) is 0 Å². The molecule has 0 aliphatic heterocycles. The summed E-state index contributed by atoms with van der Waals surface area (Å²) in [5.74, 6) is 2.72. The molecule has 0 unspecified atom stereocenters. The van der Waals surface area contributed by atoms with Gasteiger partial charge in [-0.15, -0.1) is 0 Å². The molecule has 0 fully saturated rings. The summed E-state index contributed by atoms with van der Waals surface area (Å²) in [6.45, 7) is 4.99. The number of benzene rings is 2. The lowest BCUT2D eigenvalue weighted by atomic mass is 10.1. The van der Waals surface area contributed by atoms with E-state index in [0.717, 1.165) is 10.9 Å². The van der Waals surface area contributed by atoms with Crippen molar-refractivity contribution in [2.45, 2.75) is 13.8 Å². The van der Waals surface area contributed by atoms with Crippen LogP contribution in [0.4, 0.5) is 5.69 Å². The Morgan fingerprint density at radius 2 is 1.67 bits per heavy atom. The van der Waals surface area contributed by atoms with E-state index in [0.29, 0.717) is 41.9 Å². The highest BCUT2D eigenvalue weighted by molar-refractivity contribution is 5.88. The number of ether oxygens (including phenoxy) is 3. The third-order valence-corrected chi connectivity index (χ3v) is 3.45. The van der Waals surface area contributed by atoms with Crippen molar-refractivity contribution in [2.75, 3.05) is 18.9 Å². The number of nitrogens with zero attached hydrogens (tertiary/aromatic N) is 1. The summed E-state index contributed by atoms with van der Waals surface area (Å²) in [6.07, 6.45) is 1.71. The van der Waals surface area contributed by atoms with E-state index in [2.05, 4.69) is 4.98 Å². The molecule has 0 amide bonds. The fraction of sp³-hybridized carbons (Fsp3) is 0.211. The zero-order chi connectivity index (χ0) is 16.9. The van der Waals surface area contributed by atoms with Gasteiger partial charge in [0.05, 0.1) is 18.7 Å². The Morgan fingerprint density at radius 1 is 0.917 bits per heavy atom. The number of aromatic nitrogens is 1. The predicted octanol–water partition coefficient (Wildman–Crippen LogP) is 4.41. The Balaban J connectivity index is 2.06. The fourth-order valence-electron chi connectivity index (χ4n) is 2.46. The summed E-state index contributed by atoms with van der Waals surface area (Å²) in [5, 5.41) is 0.854. The van der Waals surface area contributed by atoms with Crippen LogP contribution in [0.3, 0.4) is 0 Å². The first kappa shape index (κ1) is 15.9. The summed E-state index contributed by atoms with van der Waals surface area (Å²) in [4.78, 5) is 4.40. The van der Waals surface area contributed by atoms with E-state index in [1.165, 1.54) is 0 Å². The molecule has 5 heteroatoms. The Hall–Kier alpha value is -2.95. The summed E-state index contributed by atoms with van der Waals surface area (Å²) >= 11 is 0. The van der Waals surface area contributed by atoms with Gasteiger partial charge in [-0.25, -0.2) is 0 Å². The maximum atomic E-state index is 5.99. The minimum Gasteiger partial charge on any atom is -0.490 e. The van der Waals surface area contributed by atoms with E-state index in [1.54, 1.807) is 12.3 Å². The van der Waals surface area contributed by atoms with E-state index in [-0.39, 0.29) is 0 Å². The van der Waals surface area contributed by atoms with Gasteiger partial charge in [0.2, 0.25) is 0 Å². The zero-order valence-corrected chi connectivity index (χ0v) is 13.8. The van der Waals surface area contributed by atoms with Crippen molar-refractivity contribution in [2.24, 2.45) is 0 Å². The lowest BCUT2D eigenvalue weighted by Crippen LogP contribution is -1.99. The number of nitrogen functional groups attached to an aromatic ring is 1. The third-order valence-electron chi connectivity index (χ3n) is 3.45. The number of pyridine rings is 1. The van der Waals surface area contributed by atoms with Gasteiger partial charge in [0.15, 0.2) is 11.5 Å². The average molecular weight is 324 g/mol. The first-order valence-electron chi connectivity index (χ1n) is 7.93. The van der Waals surface area contributed by atoms with Crippen LogP contribution in [0.15, 0.2) is 48.7 Å². The van der Waals surface area contributed by atoms with Crippen LogP contribution >= 0.6 is 0 Å². The van der Waals surface area contributed by atoms with Crippen molar-refractivity contribution >= 4 is 16.6 Å². The Morgan fingerprint density at radius 3 is 2.38 bits per heavy atom. The predicted molar refractivity (Wildman–Crippen MR) is 95.0 cm³/mol. The molecule has 24 heavy (non-hydrogen) atoms. The van der Waals surface area contributed by atoms with Gasteiger partial charge in [0, 0.05) is 29.4 Å². The topological polar surface area (TPSA) is 66.6 Å². The highest BCUT2D eigenvalue weighted by Crippen LogP contribution is 2.37. The molecule has 2 aromatic carbocycles. The molecule has 0 aliphatic rings. The van der Waals surface area contributed by atoms with Gasteiger partial charge >= 0.3 is 0 Å². The maximum absolute atomic E-state index is 5.99. The summed E-state index contributed by atoms with van der Waals surface area (Å²) in [5.41, 5.74) is 7.25. The zero-order valence-electron chi connectivity index (χ0n) is 13.8. The monoisotopic (exact) mass is 324 g/mol. The minimum absolute atomic E-state index is 0.553. The second kappa shape index (κ2) is 7.08. The van der Waals surface area contributed by atoms with E-state index in [9.17, 15) is 0 Å². The molecule has 0 saturated heterocycles. The molecule has 124 valence electrons. The van der Waals surface area contributed by atoms with Gasteiger partial charge < -0.3 is 19.9 Å². The number of hydrogen-bond donors (Lipinski definition) is 1. The minimum atomic E-state index is 0.553. The van der Waals surface area contributed by atoms with Crippen LogP contribution in [0.1, 0.15) is 13.8 Å². The van der Waals surface area contributed by atoms with E-state index < -0.39 is 0 Å². The number of fused-ring (bicyclic) bond motifs is 1. The van der Waals surface area contributed by atoms with Gasteiger partial charge in [-0.2, -0.15) is 0 Å². The molecular formula is C19H20N2O3. The Kier molecular flexibility index (Phi) is 4.70. The second-order valence-corrected chi connectivity index (χ2v) is 5.17. The summed E-state index contributed by atoms with van der Waals surface area (Å²) < 4.78 is 17.3. The van der Waals surface area contributed by atoms with Crippen LogP contribution in [0.2, 0.25) is 0 Å². The fourth-order valence-corrected chi connectivity index (χ4v) is 2.46. The number of nitrogens with two attached hydrogens (primary N) is 1. The lowest BCUT2D eigenvalue weighted by molar-refractivity contribution is 0.288. The molecule has 3 rings (SSSR count). The van der Waals surface area contributed by atoms with Gasteiger partial charge in [-0.3, -0.25) is 4.98 Å². The third kappa shape index (κ3) is 3.35. The molecule has 0 atom stereocenters. The second-order valence-electron chi connectivity index (χ2n) is 5.17. The van der Waals surface area contributed by atoms with Crippen LogP contribution < -0.4 is 19.9 Å². The first-order valence-corrected chi connectivity index (χ1v) is 7.93. The van der Waals surface area contributed by atoms with Gasteiger partial charge in [-0.05, 0) is 38.1 Å². The van der Waals surface area contributed by atoms with E-state index in [4.69, 9.17) is 19.9 Å². The van der Waals surface area contributed by atoms with E-state index >= 15 is 0 Å². The van der Waals surface area contributed by atoms with Crippen LogP contribution in [-0.4, -0.2) is 18.2 Å². The van der Waals surface area contributed by atoms with Crippen molar-refractivity contribution in [3.8, 4) is 23.0 Å². The number of rotatable bonds is 6. The summed E-state index contributed by atoms with van der Waals surface area (Å²) in [7, 11) is 0. The van der Waals surface area contributed by atoms with Crippen molar-refractivity contribution in [3.05, 3.63) is 48.7 Å². The molecule has 1 aromatic heterocycles. The molecule has 0 bridgehead atoms. The lowest BCUT2D eigenvalue weighted by Gasteiger charge is -2.14. The van der Waals surface area contributed by atoms with Gasteiger partial charge in [0.25, 0.3) is 0 Å². The molecule has 0 aliphatic carbocycles. The van der Waals surface area contributed by atoms with Gasteiger partial charge in [0.1, 0.15) is 11.5 Å². The van der Waals surface area contributed by atoms with Crippen molar-refractivity contribution in [1.82, 2.24) is 4.98 Å². The highest BCUT2D eigenvalue weighted by Gasteiger charge is 2.12. The van der Waals surface area contributed by atoms with Crippen LogP contribution in [0.25, 0.3) is 10.9 Å². The average Bonchev–Trinajstić information content (AvgIpc) is 2.56. The van der Waals surface area contributed by atoms with Crippen molar-refractivity contribution in [1.29, 1.82) is 0 Å². The smallest absolute Gasteiger partial charge is 0.163 e. The molecule has 2 N–H and O–H groups in total. The molecule has 0 saturated carbocycles. The molecular weight excluding hydrogens is 304 g/mol. The summed E-state index contributed by atoms with van der Waals surface area (Å²) in [6, 6.07) is 12.9. The van der Waals surface area contributed by atoms with E-state index in [1.807, 2.05) is 50.2 Å². The standard InChI is InChI=1S/C19H20N2O3/c1-3-22-18-11-15-16(12-19(18)23-4-2)21-9-8-17(15)24-14-7-5-6-13(20)10-14/h5-12H,3-4,20H2,1-2H3. The molecule has 1 heterocycles. The largest absolute Gasteiger partial charge is 0.490 e. The molecule has 5 nitrogen and oxygen atoms in total. The quantitative estimate of drug-likeness (QED) is 0.680. The Bertz CT molecular complexity index is 849. The number of anilines is 1. The van der Waals surface area contributed by atoms with Crippen LogP contribution in [0.5, 0.6) is 23.0 Å². The van der Waals surface area contributed by atoms with Gasteiger partial charge in [-0.1, -0.05) is 6.07 Å².